The molecule has 0 aromatic heterocycles. The molecule has 4 rings (SSSR count). The van der Waals surface area contributed by atoms with Gasteiger partial charge in [-0.25, -0.2) is 13.2 Å². The van der Waals surface area contributed by atoms with Crippen LogP contribution < -0.4 is 0 Å². The molecule has 3 aromatic rings. The van der Waals surface area contributed by atoms with E-state index in [1.54, 1.807) is 24.3 Å². The van der Waals surface area contributed by atoms with Gasteiger partial charge in [-0.2, -0.15) is 0 Å². The highest BCUT2D eigenvalue weighted by atomic mass is 32.2. The molecule has 0 unspecified atom stereocenters. The number of hydrogen-bond acceptors (Lipinski definition) is 6. The van der Waals surface area contributed by atoms with Crippen molar-refractivity contribution in [3.63, 3.8) is 0 Å². The van der Waals surface area contributed by atoms with Crippen LogP contribution in [-0.4, -0.2) is 37.4 Å². The van der Waals surface area contributed by atoms with Crippen LogP contribution in [0.2, 0.25) is 0 Å². The van der Waals surface area contributed by atoms with Crippen LogP contribution in [-0.2, 0) is 25.9 Å². The summed E-state index contributed by atoms with van der Waals surface area (Å²) in [6.07, 6.45) is 0. The van der Waals surface area contributed by atoms with Crippen molar-refractivity contribution in [1.82, 2.24) is 4.90 Å². The SMILES string of the molecule is COC(=O)c1ccc([C@H]2C(S(=O)(=O)c3ccc(C)cc3)=C(O)C(=O)N2Cc2ccc(C)cc2)cc1. The zero-order valence-electron chi connectivity index (χ0n) is 19.6. The molecule has 0 saturated carbocycles. The van der Waals surface area contributed by atoms with Gasteiger partial charge in [0.05, 0.1) is 23.6 Å². The number of aryl methyl sites for hydroxylation is 2. The van der Waals surface area contributed by atoms with Gasteiger partial charge in [0.1, 0.15) is 4.91 Å². The van der Waals surface area contributed by atoms with Crippen molar-refractivity contribution in [3.05, 3.63) is 111 Å². The Balaban J connectivity index is 1.84. The number of benzene rings is 3. The lowest BCUT2D eigenvalue weighted by Gasteiger charge is -2.27. The summed E-state index contributed by atoms with van der Waals surface area (Å²) in [5.41, 5.74) is 3.41. The van der Waals surface area contributed by atoms with Crippen molar-refractivity contribution in [2.75, 3.05) is 7.11 Å². The standard InChI is InChI=1S/C27H25NO6S/c1-17-4-8-19(9-5-17)16-28-23(20-10-12-21(13-11-20)27(31)34-3)25(24(29)26(28)30)35(32,33)22-14-6-18(2)7-15-22/h4-15,23,29H,16H2,1-3H3/t23-/m0/s1. The molecule has 0 saturated heterocycles. The number of ether oxygens (including phenoxy) is 1. The molecule has 0 spiro atoms. The third kappa shape index (κ3) is 4.57. The molecule has 1 heterocycles. The van der Waals surface area contributed by atoms with Crippen molar-refractivity contribution >= 4 is 21.7 Å². The normalized spacial score (nSPS) is 16.0. The number of carbonyl (C=O) groups excluding carboxylic acids is 2. The van der Waals surface area contributed by atoms with Gasteiger partial charge in [0, 0.05) is 6.54 Å². The summed E-state index contributed by atoms with van der Waals surface area (Å²) < 4.78 is 32.1. The van der Waals surface area contributed by atoms with E-state index in [1.165, 1.54) is 36.3 Å². The van der Waals surface area contributed by atoms with E-state index in [9.17, 15) is 23.1 Å². The first kappa shape index (κ1) is 24.2. The molecular formula is C27H25NO6S. The quantitative estimate of drug-likeness (QED) is 0.513. The summed E-state index contributed by atoms with van der Waals surface area (Å²) in [5, 5.41) is 10.8. The number of hydrogen-bond donors (Lipinski definition) is 1. The Morgan fingerprint density at radius 3 is 2.00 bits per heavy atom. The van der Waals surface area contributed by atoms with Crippen LogP contribution in [0.25, 0.3) is 0 Å². The van der Waals surface area contributed by atoms with Gasteiger partial charge in [-0.1, -0.05) is 59.7 Å². The summed E-state index contributed by atoms with van der Waals surface area (Å²) in [5.74, 6) is -2.13. The van der Waals surface area contributed by atoms with Gasteiger partial charge >= 0.3 is 5.97 Å². The fraction of sp³-hybridized carbons (Fsp3) is 0.185. The molecule has 180 valence electrons. The zero-order chi connectivity index (χ0) is 25.3. The molecule has 0 radical (unpaired) electrons. The van der Waals surface area contributed by atoms with Gasteiger partial charge in [-0.05, 0) is 49.2 Å². The second-order valence-corrected chi connectivity index (χ2v) is 10.4. The van der Waals surface area contributed by atoms with E-state index in [2.05, 4.69) is 0 Å². The van der Waals surface area contributed by atoms with Crippen molar-refractivity contribution in [3.8, 4) is 0 Å². The van der Waals surface area contributed by atoms with E-state index in [1.807, 2.05) is 38.1 Å². The third-order valence-electron chi connectivity index (χ3n) is 6.00. The maximum absolute atomic E-state index is 13.7. The maximum atomic E-state index is 13.7. The summed E-state index contributed by atoms with van der Waals surface area (Å²) >= 11 is 0. The molecule has 1 amide bonds. The first-order valence-corrected chi connectivity index (χ1v) is 12.4. The van der Waals surface area contributed by atoms with Crippen molar-refractivity contribution in [2.24, 2.45) is 0 Å². The number of aliphatic hydroxyl groups is 1. The van der Waals surface area contributed by atoms with E-state index in [0.29, 0.717) is 5.56 Å². The fourth-order valence-electron chi connectivity index (χ4n) is 4.05. The maximum Gasteiger partial charge on any atom is 0.337 e. The molecule has 1 aliphatic rings. The highest BCUT2D eigenvalue weighted by molar-refractivity contribution is 7.95. The van der Waals surface area contributed by atoms with Gasteiger partial charge in [0.15, 0.2) is 5.76 Å². The second-order valence-electron chi connectivity index (χ2n) is 8.46. The summed E-state index contributed by atoms with van der Waals surface area (Å²) in [4.78, 5) is 26.0. The topological polar surface area (TPSA) is 101 Å². The van der Waals surface area contributed by atoms with Crippen molar-refractivity contribution in [2.45, 2.75) is 31.3 Å². The Kier molecular flexibility index (Phi) is 6.49. The second kappa shape index (κ2) is 9.38. The zero-order valence-corrected chi connectivity index (χ0v) is 20.4. The molecular weight excluding hydrogens is 466 g/mol. The molecule has 1 aliphatic heterocycles. The van der Waals surface area contributed by atoms with Gasteiger partial charge in [0.25, 0.3) is 5.91 Å². The first-order chi connectivity index (χ1) is 16.6. The molecule has 7 nitrogen and oxygen atoms in total. The van der Waals surface area contributed by atoms with Gasteiger partial charge in [-0.15, -0.1) is 0 Å². The molecule has 1 N–H and O–H groups in total. The molecule has 0 aliphatic carbocycles. The Hall–Kier alpha value is -3.91. The lowest BCUT2D eigenvalue weighted by atomic mass is 10.0. The van der Waals surface area contributed by atoms with E-state index in [4.69, 9.17) is 4.74 Å². The Morgan fingerprint density at radius 2 is 1.46 bits per heavy atom. The number of amides is 1. The summed E-state index contributed by atoms with van der Waals surface area (Å²) in [6.45, 7) is 3.86. The van der Waals surface area contributed by atoms with E-state index in [-0.39, 0.29) is 21.9 Å². The van der Waals surface area contributed by atoms with E-state index < -0.39 is 33.5 Å². The molecule has 3 aromatic carbocycles. The van der Waals surface area contributed by atoms with Crippen LogP contribution in [0.3, 0.4) is 0 Å². The number of aliphatic hydroxyl groups excluding tert-OH is 1. The monoisotopic (exact) mass is 491 g/mol. The minimum atomic E-state index is -4.22. The van der Waals surface area contributed by atoms with E-state index >= 15 is 0 Å². The molecule has 1 atom stereocenters. The van der Waals surface area contributed by atoms with E-state index in [0.717, 1.165) is 16.7 Å². The van der Waals surface area contributed by atoms with Crippen LogP contribution >= 0.6 is 0 Å². The highest BCUT2D eigenvalue weighted by Gasteiger charge is 2.46. The lowest BCUT2D eigenvalue weighted by molar-refractivity contribution is -0.130. The largest absolute Gasteiger partial charge is 0.502 e. The van der Waals surface area contributed by atoms with Gasteiger partial charge in [0.2, 0.25) is 9.84 Å². The van der Waals surface area contributed by atoms with Crippen LogP contribution in [0.15, 0.2) is 88.4 Å². The lowest BCUT2D eigenvalue weighted by Crippen LogP contribution is -2.30. The number of nitrogens with zero attached hydrogens (tertiary/aromatic N) is 1. The van der Waals surface area contributed by atoms with Gasteiger partial charge in [-0.3, -0.25) is 4.79 Å². The van der Waals surface area contributed by atoms with Crippen LogP contribution in [0, 0.1) is 13.8 Å². The molecule has 8 heteroatoms. The van der Waals surface area contributed by atoms with Crippen molar-refractivity contribution < 1.29 is 27.9 Å². The van der Waals surface area contributed by atoms with Gasteiger partial charge < -0.3 is 14.7 Å². The first-order valence-electron chi connectivity index (χ1n) is 10.9. The molecule has 35 heavy (non-hydrogen) atoms. The number of methoxy groups -OCH3 is 1. The minimum absolute atomic E-state index is 0.0224. The number of carbonyl (C=O) groups is 2. The number of esters is 1. The number of sulfone groups is 1. The molecule has 0 bridgehead atoms. The smallest absolute Gasteiger partial charge is 0.337 e. The number of rotatable bonds is 6. The average Bonchev–Trinajstić information content (AvgIpc) is 3.10. The highest BCUT2D eigenvalue weighted by Crippen LogP contribution is 2.43. The average molecular weight is 492 g/mol. The third-order valence-corrected chi connectivity index (χ3v) is 7.89. The fourth-order valence-corrected chi connectivity index (χ4v) is 5.70. The summed E-state index contributed by atoms with van der Waals surface area (Å²) in [7, 11) is -2.96. The predicted molar refractivity (Wildman–Crippen MR) is 130 cm³/mol. The molecule has 0 fully saturated rings. The predicted octanol–water partition coefficient (Wildman–Crippen LogP) is 4.42. The van der Waals surface area contributed by atoms with Crippen molar-refractivity contribution in [1.29, 1.82) is 0 Å². The Labute approximate surface area is 204 Å². The summed E-state index contributed by atoms with van der Waals surface area (Å²) in [6, 6.07) is 18.8. The Bertz CT molecular complexity index is 1410. The minimum Gasteiger partial charge on any atom is -0.502 e. The Morgan fingerprint density at radius 1 is 0.914 bits per heavy atom. The van der Waals surface area contributed by atoms with Crippen LogP contribution in [0.1, 0.15) is 38.7 Å². The van der Waals surface area contributed by atoms with Crippen LogP contribution in [0.5, 0.6) is 0 Å². The van der Waals surface area contributed by atoms with Crippen LogP contribution in [0.4, 0.5) is 0 Å².